The van der Waals surface area contributed by atoms with Gasteiger partial charge in [-0.3, -0.25) is 0 Å². The number of aromatic nitrogens is 5. The van der Waals surface area contributed by atoms with E-state index in [0.29, 0.717) is 50.5 Å². The highest BCUT2D eigenvalue weighted by Gasteiger charge is 2.40. The van der Waals surface area contributed by atoms with Gasteiger partial charge in [0.25, 0.3) is 0 Å². The highest BCUT2D eigenvalue weighted by atomic mass is 19.4. The monoisotopic (exact) mass is 909 g/mol. The number of rotatable bonds is 7. The second-order valence-corrected chi connectivity index (χ2v) is 16.9. The van der Waals surface area contributed by atoms with Crippen LogP contribution in [0.3, 0.4) is 0 Å². The third kappa shape index (κ3) is 7.11. The highest BCUT2D eigenvalue weighted by Crippen LogP contribution is 2.47. The summed E-state index contributed by atoms with van der Waals surface area (Å²) in [7, 11) is 0. The second kappa shape index (κ2) is 16.6. The van der Waals surface area contributed by atoms with Crippen molar-refractivity contribution in [3.8, 4) is 73.9 Å². The van der Waals surface area contributed by atoms with Crippen LogP contribution < -0.4 is 0 Å². The van der Waals surface area contributed by atoms with E-state index in [-0.39, 0.29) is 17.2 Å². The lowest BCUT2D eigenvalue weighted by Gasteiger charge is -2.23. The molecular weight excluding hydrogens is 876 g/mol. The highest BCUT2D eigenvalue weighted by molar-refractivity contribution is 6.12. The Bertz CT molecular complexity index is 3850. The van der Waals surface area contributed by atoms with Crippen molar-refractivity contribution in [2.75, 3.05) is 0 Å². The van der Waals surface area contributed by atoms with E-state index in [1.807, 2.05) is 170 Å². The molecule has 3 aromatic heterocycles. The summed E-state index contributed by atoms with van der Waals surface area (Å²) in [6.45, 7) is 7.45. The number of nitriles is 1. The number of fused-ring (bicyclic) bond motifs is 6. The molecule has 0 atom stereocenters. The van der Waals surface area contributed by atoms with E-state index in [1.54, 1.807) is 45.5 Å². The first kappa shape index (κ1) is 41.8. The van der Waals surface area contributed by atoms with Crippen LogP contribution in [0.15, 0.2) is 206 Å². The summed E-state index contributed by atoms with van der Waals surface area (Å²) in [5.74, 6) is 0.931. The van der Waals surface area contributed by atoms with E-state index in [4.69, 9.17) is 21.5 Å². The molecule has 0 saturated carbocycles. The Morgan fingerprint density at radius 2 is 0.814 bits per heavy atom. The molecule has 12 rings (SSSR count). The Morgan fingerprint density at radius 1 is 0.414 bits per heavy atom. The summed E-state index contributed by atoms with van der Waals surface area (Å²) in [5.41, 5.74) is 7.48. The predicted octanol–water partition coefficient (Wildman–Crippen LogP) is 15.8. The number of para-hydroxylation sites is 2. The number of hydrogen-bond acceptors (Lipinski definition) is 4. The van der Waals surface area contributed by atoms with Crippen LogP contribution in [0, 0.1) is 17.9 Å². The molecule has 10 heteroatoms. The van der Waals surface area contributed by atoms with Gasteiger partial charge in [-0.25, -0.2) is 19.8 Å². The number of halogens is 3. The standard InChI is InChI=1S/C60H34F3N7/c1-65-45-28-24-39(25-29-45)43-27-31-53-49(33-43)47-17-9-11-19-51(47)70(53)55-35-44(59-67-57(40-12-4-2-5-13-40)66-58(68-59)41-14-6-3-7-15-41)34-54(56(55)60(61,62)63)69-50-18-10-8-16-46(50)48-32-42(26-30-52(48)69)38-22-20-37(36-64)21-23-38/h2-35H. The summed E-state index contributed by atoms with van der Waals surface area (Å²) in [5, 5.41) is 12.5. The van der Waals surface area contributed by atoms with E-state index in [0.717, 1.165) is 54.9 Å². The van der Waals surface area contributed by atoms with Gasteiger partial charge in [-0.1, -0.05) is 146 Å². The van der Waals surface area contributed by atoms with Crippen LogP contribution in [0.25, 0.3) is 116 Å². The maximum absolute atomic E-state index is 16.8. The minimum Gasteiger partial charge on any atom is -0.309 e. The van der Waals surface area contributed by atoms with Gasteiger partial charge in [0.05, 0.1) is 51.6 Å². The van der Waals surface area contributed by atoms with E-state index in [9.17, 15) is 5.26 Å². The summed E-state index contributed by atoms with van der Waals surface area (Å²) >= 11 is 0. The van der Waals surface area contributed by atoms with Crippen molar-refractivity contribution in [3.05, 3.63) is 229 Å². The predicted molar refractivity (Wildman–Crippen MR) is 272 cm³/mol. The van der Waals surface area contributed by atoms with Gasteiger partial charge in [0.15, 0.2) is 23.2 Å². The van der Waals surface area contributed by atoms with Gasteiger partial charge in [-0.15, -0.1) is 0 Å². The Kier molecular flexibility index (Phi) is 9.90. The Labute approximate surface area is 399 Å². The molecule has 12 aromatic rings. The summed E-state index contributed by atoms with van der Waals surface area (Å²) < 4.78 is 53.8. The fourth-order valence-electron chi connectivity index (χ4n) is 9.61. The zero-order valence-corrected chi connectivity index (χ0v) is 36.9. The van der Waals surface area contributed by atoms with Gasteiger partial charge in [-0.2, -0.15) is 18.4 Å². The van der Waals surface area contributed by atoms with Crippen molar-refractivity contribution in [1.29, 1.82) is 5.26 Å². The zero-order valence-electron chi connectivity index (χ0n) is 36.9. The van der Waals surface area contributed by atoms with Crippen LogP contribution in [0.1, 0.15) is 11.1 Å². The quantitative estimate of drug-likeness (QED) is 0.149. The normalized spacial score (nSPS) is 11.6. The smallest absolute Gasteiger partial charge is 0.309 e. The van der Waals surface area contributed by atoms with Crippen LogP contribution in [0.2, 0.25) is 0 Å². The topological polar surface area (TPSA) is 76.7 Å². The zero-order chi connectivity index (χ0) is 47.5. The molecule has 0 saturated heterocycles. The molecule has 70 heavy (non-hydrogen) atoms. The molecule has 3 heterocycles. The fourth-order valence-corrected chi connectivity index (χ4v) is 9.61. The molecule has 0 aliphatic heterocycles. The lowest BCUT2D eigenvalue weighted by molar-refractivity contribution is -0.137. The van der Waals surface area contributed by atoms with Gasteiger partial charge in [0.2, 0.25) is 0 Å². The molecule has 0 spiro atoms. The van der Waals surface area contributed by atoms with Gasteiger partial charge in [-0.05, 0) is 82.9 Å². The van der Waals surface area contributed by atoms with Gasteiger partial charge < -0.3 is 9.13 Å². The average Bonchev–Trinajstić information content (AvgIpc) is 3.93. The number of alkyl halides is 3. The molecule has 0 amide bonds. The van der Waals surface area contributed by atoms with Crippen LogP contribution in [0.5, 0.6) is 0 Å². The Hall–Kier alpha value is -9.64. The minimum atomic E-state index is -4.89. The van der Waals surface area contributed by atoms with Crippen LogP contribution >= 0.6 is 0 Å². The first-order valence-corrected chi connectivity index (χ1v) is 22.4. The van der Waals surface area contributed by atoms with Crippen molar-refractivity contribution in [2.45, 2.75) is 6.18 Å². The van der Waals surface area contributed by atoms with Gasteiger partial charge in [0.1, 0.15) is 5.56 Å². The van der Waals surface area contributed by atoms with Crippen molar-refractivity contribution < 1.29 is 13.2 Å². The molecule has 0 aliphatic carbocycles. The van der Waals surface area contributed by atoms with Crippen molar-refractivity contribution in [3.63, 3.8) is 0 Å². The maximum atomic E-state index is 16.8. The summed E-state index contributed by atoms with van der Waals surface area (Å²) in [6, 6.07) is 65.3. The third-order valence-electron chi connectivity index (χ3n) is 12.8. The van der Waals surface area contributed by atoms with E-state index in [2.05, 4.69) is 10.9 Å². The first-order chi connectivity index (χ1) is 34.2. The average molecular weight is 910 g/mol. The lowest BCUT2D eigenvalue weighted by Crippen LogP contribution is -2.16. The van der Waals surface area contributed by atoms with E-state index >= 15 is 13.2 Å². The first-order valence-electron chi connectivity index (χ1n) is 22.4. The molecule has 330 valence electrons. The molecular formula is C60H34F3N7. The van der Waals surface area contributed by atoms with E-state index in [1.165, 1.54) is 0 Å². The number of benzene rings is 9. The van der Waals surface area contributed by atoms with Crippen LogP contribution in [-0.2, 0) is 6.18 Å². The van der Waals surface area contributed by atoms with Crippen LogP contribution in [-0.4, -0.2) is 24.1 Å². The third-order valence-corrected chi connectivity index (χ3v) is 12.8. The van der Waals surface area contributed by atoms with Crippen molar-refractivity contribution >= 4 is 49.3 Å². The molecule has 0 fully saturated rings. The van der Waals surface area contributed by atoms with Crippen molar-refractivity contribution in [2.24, 2.45) is 0 Å². The molecule has 0 N–H and O–H groups in total. The Morgan fingerprint density at radius 3 is 1.26 bits per heavy atom. The number of hydrogen-bond donors (Lipinski definition) is 0. The largest absolute Gasteiger partial charge is 0.420 e. The molecule has 0 aliphatic rings. The van der Waals surface area contributed by atoms with Gasteiger partial charge >= 0.3 is 6.18 Å². The molecule has 9 aromatic carbocycles. The van der Waals surface area contributed by atoms with Crippen molar-refractivity contribution in [1.82, 2.24) is 24.1 Å². The van der Waals surface area contributed by atoms with Gasteiger partial charge in [0, 0.05) is 38.2 Å². The Balaban J connectivity index is 1.19. The maximum Gasteiger partial charge on any atom is 0.420 e. The SMILES string of the molecule is [C-]#[N+]c1ccc(-c2ccc3c(c2)c2ccccc2n3-c2cc(-c3nc(-c4ccccc4)nc(-c4ccccc4)n3)cc(-n3c4ccccc4c4cc(-c5ccc(C#N)cc5)ccc43)c2C(F)(F)F)cc1. The second-order valence-electron chi connectivity index (χ2n) is 16.9. The fraction of sp³-hybridized carbons (Fsp3) is 0.0167. The summed E-state index contributed by atoms with van der Waals surface area (Å²) in [6.07, 6.45) is -4.89. The van der Waals surface area contributed by atoms with E-state index < -0.39 is 11.7 Å². The molecule has 0 unspecified atom stereocenters. The number of nitrogens with zero attached hydrogens (tertiary/aromatic N) is 7. The van der Waals surface area contributed by atoms with Crippen LogP contribution in [0.4, 0.5) is 18.9 Å². The summed E-state index contributed by atoms with van der Waals surface area (Å²) in [4.78, 5) is 18.5. The lowest BCUT2D eigenvalue weighted by atomic mass is 10.0. The molecule has 0 radical (unpaired) electrons. The molecule has 0 bridgehead atoms. The minimum absolute atomic E-state index is 0.108. The molecule has 7 nitrogen and oxygen atoms in total.